The molecule has 1 aliphatic heterocycles. The van der Waals surface area contributed by atoms with Gasteiger partial charge in [-0.05, 0) is 48.5 Å². The molecule has 2 aromatic carbocycles. The maximum Gasteiger partial charge on any atom is 0.231 e. The molecular weight excluding hydrogens is 314 g/mol. The maximum absolute atomic E-state index is 5.39. The predicted molar refractivity (Wildman–Crippen MR) is 99.9 cm³/mol. The average Bonchev–Trinajstić information content (AvgIpc) is 3.28. The standard InChI is InChI=1S/C20H19N3O2/c1-22(2)16-6-8-17(9-7-16)23-11-3-4-18(23)13-21-15-5-10-19-20(12-15)25-14-24-19/h3-13H,14H2,1-2H3. The minimum Gasteiger partial charge on any atom is -0.454 e. The summed E-state index contributed by atoms with van der Waals surface area (Å²) in [6, 6.07) is 18.2. The fourth-order valence-corrected chi connectivity index (χ4v) is 2.75. The molecule has 0 fully saturated rings. The molecule has 0 N–H and O–H groups in total. The fraction of sp³-hybridized carbons (Fsp3) is 0.150. The zero-order chi connectivity index (χ0) is 17.2. The van der Waals surface area contributed by atoms with Gasteiger partial charge in [-0.25, -0.2) is 0 Å². The number of hydrogen-bond acceptors (Lipinski definition) is 4. The third-order valence-corrected chi connectivity index (χ3v) is 4.13. The Morgan fingerprint density at radius 3 is 2.60 bits per heavy atom. The number of nitrogens with zero attached hydrogens (tertiary/aromatic N) is 3. The fourth-order valence-electron chi connectivity index (χ4n) is 2.75. The van der Waals surface area contributed by atoms with Gasteiger partial charge < -0.3 is 18.9 Å². The molecule has 1 aromatic heterocycles. The van der Waals surface area contributed by atoms with Gasteiger partial charge in [-0.1, -0.05) is 0 Å². The lowest BCUT2D eigenvalue weighted by molar-refractivity contribution is 0.174. The largest absolute Gasteiger partial charge is 0.454 e. The van der Waals surface area contributed by atoms with E-state index in [0.717, 1.165) is 28.6 Å². The third-order valence-electron chi connectivity index (χ3n) is 4.13. The average molecular weight is 333 g/mol. The molecule has 0 amide bonds. The maximum atomic E-state index is 5.39. The monoisotopic (exact) mass is 333 g/mol. The summed E-state index contributed by atoms with van der Waals surface area (Å²) in [7, 11) is 4.07. The summed E-state index contributed by atoms with van der Waals surface area (Å²) in [5, 5.41) is 0. The van der Waals surface area contributed by atoms with Gasteiger partial charge in [0.15, 0.2) is 11.5 Å². The van der Waals surface area contributed by atoms with Crippen molar-refractivity contribution in [3.63, 3.8) is 0 Å². The van der Waals surface area contributed by atoms with Crippen LogP contribution in [0.4, 0.5) is 11.4 Å². The molecule has 5 heteroatoms. The number of ether oxygens (including phenoxy) is 2. The van der Waals surface area contributed by atoms with Crippen LogP contribution < -0.4 is 14.4 Å². The Morgan fingerprint density at radius 1 is 1.00 bits per heavy atom. The van der Waals surface area contributed by atoms with Gasteiger partial charge in [0.1, 0.15) is 0 Å². The molecule has 1 aliphatic rings. The molecule has 0 radical (unpaired) electrons. The Hall–Kier alpha value is -3.21. The summed E-state index contributed by atoms with van der Waals surface area (Å²) in [5.74, 6) is 1.51. The number of rotatable bonds is 4. The summed E-state index contributed by atoms with van der Waals surface area (Å²) < 4.78 is 12.8. The van der Waals surface area contributed by atoms with Crippen LogP contribution in [0.2, 0.25) is 0 Å². The van der Waals surface area contributed by atoms with Crippen LogP contribution in [0.5, 0.6) is 11.5 Å². The molecule has 0 saturated heterocycles. The minimum atomic E-state index is 0.272. The molecule has 2 heterocycles. The van der Waals surface area contributed by atoms with Crippen molar-refractivity contribution < 1.29 is 9.47 Å². The quantitative estimate of drug-likeness (QED) is 0.677. The van der Waals surface area contributed by atoms with Crippen molar-refractivity contribution in [2.24, 2.45) is 4.99 Å². The Morgan fingerprint density at radius 2 is 1.80 bits per heavy atom. The highest BCUT2D eigenvalue weighted by Gasteiger charge is 2.12. The van der Waals surface area contributed by atoms with Gasteiger partial charge in [0.2, 0.25) is 6.79 Å². The van der Waals surface area contributed by atoms with E-state index >= 15 is 0 Å². The Labute approximate surface area is 146 Å². The highest BCUT2D eigenvalue weighted by atomic mass is 16.7. The van der Waals surface area contributed by atoms with Crippen molar-refractivity contribution in [3.05, 3.63) is 66.5 Å². The smallest absolute Gasteiger partial charge is 0.231 e. The second-order valence-corrected chi connectivity index (χ2v) is 6.01. The van der Waals surface area contributed by atoms with Crippen LogP contribution in [0.3, 0.4) is 0 Å². The first-order chi connectivity index (χ1) is 12.2. The lowest BCUT2D eigenvalue weighted by atomic mass is 10.2. The van der Waals surface area contributed by atoms with Crippen LogP contribution in [0, 0.1) is 0 Å². The van der Waals surface area contributed by atoms with Gasteiger partial charge >= 0.3 is 0 Å². The van der Waals surface area contributed by atoms with Gasteiger partial charge in [0.25, 0.3) is 0 Å². The van der Waals surface area contributed by atoms with Crippen molar-refractivity contribution >= 4 is 17.6 Å². The lowest BCUT2D eigenvalue weighted by Gasteiger charge is -2.13. The SMILES string of the molecule is CN(C)c1ccc(-n2cccc2C=Nc2ccc3c(c2)OCO3)cc1. The van der Waals surface area contributed by atoms with E-state index in [-0.39, 0.29) is 6.79 Å². The predicted octanol–water partition coefficient (Wildman–Crippen LogP) is 4.02. The molecule has 0 aliphatic carbocycles. The number of hydrogen-bond donors (Lipinski definition) is 0. The van der Waals surface area contributed by atoms with Crippen molar-refractivity contribution in [1.82, 2.24) is 4.57 Å². The van der Waals surface area contributed by atoms with E-state index in [1.807, 2.05) is 56.8 Å². The minimum absolute atomic E-state index is 0.272. The second-order valence-electron chi connectivity index (χ2n) is 6.01. The highest BCUT2D eigenvalue weighted by Crippen LogP contribution is 2.35. The first-order valence-corrected chi connectivity index (χ1v) is 8.09. The molecule has 0 saturated carbocycles. The van der Waals surface area contributed by atoms with Crippen LogP contribution in [-0.4, -0.2) is 31.7 Å². The van der Waals surface area contributed by atoms with Crippen LogP contribution in [-0.2, 0) is 0 Å². The topological polar surface area (TPSA) is 39.0 Å². The summed E-state index contributed by atoms with van der Waals surface area (Å²) in [5.41, 5.74) is 4.12. The van der Waals surface area contributed by atoms with Crippen molar-refractivity contribution in [2.75, 3.05) is 25.8 Å². The first-order valence-electron chi connectivity index (χ1n) is 8.09. The Bertz CT molecular complexity index is 911. The van der Waals surface area contributed by atoms with E-state index < -0.39 is 0 Å². The highest BCUT2D eigenvalue weighted by molar-refractivity contribution is 5.81. The molecule has 0 atom stereocenters. The number of benzene rings is 2. The summed E-state index contributed by atoms with van der Waals surface area (Å²) in [4.78, 5) is 6.65. The van der Waals surface area contributed by atoms with E-state index in [4.69, 9.17) is 9.47 Å². The van der Waals surface area contributed by atoms with Crippen molar-refractivity contribution in [3.8, 4) is 17.2 Å². The normalized spacial score (nSPS) is 12.7. The van der Waals surface area contributed by atoms with Gasteiger partial charge in [0, 0.05) is 37.7 Å². The molecule has 25 heavy (non-hydrogen) atoms. The molecular formula is C20H19N3O2. The van der Waals surface area contributed by atoms with E-state index in [1.165, 1.54) is 5.69 Å². The second kappa shape index (κ2) is 6.36. The molecule has 126 valence electrons. The van der Waals surface area contributed by atoms with Crippen LogP contribution >= 0.6 is 0 Å². The van der Waals surface area contributed by atoms with Gasteiger partial charge in [-0.15, -0.1) is 0 Å². The van der Waals surface area contributed by atoms with Crippen molar-refractivity contribution in [1.29, 1.82) is 0 Å². The number of fused-ring (bicyclic) bond motifs is 1. The van der Waals surface area contributed by atoms with Gasteiger partial charge in [-0.2, -0.15) is 0 Å². The summed E-state index contributed by atoms with van der Waals surface area (Å²) >= 11 is 0. The van der Waals surface area contributed by atoms with E-state index in [0.29, 0.717) is 0 Å². The van der Waals surface area contributed by atoms with Gasteiger partial charge in [-0.3, -0.25) is 4.99 Å². The third kappa shape index (κ3) is 3.08. The molecule has 3 aromatic rings. The zero-order valence-corrected chi connectivity index (χ0v) is 14.2. The molecule has 0 bridgehead atoms. The van der Waals surface area contributed by atoms with E-state index in [2.05, 4.69) is 38.7 Å². The zero-order valence-electron chi connectivity index (χ0n) is 14.2. The molecule has 4 rings (SSSR count). The Balaban J connectivity index is 1.59. The summed E-state index contributed by atoms with van der Waals surface area (Å²) in [6.45, 7) is 0.272. The number of anilines is 1. The van der Waals surface area contributed by atoms with Crippen LogP contribution in [0.1, 0.15) is 5.69 Å². The van der Waals surface area contributed by atoms with Crippen LogP contribution in [0.25, 0.3) is 5.69 Å². The Kier molecular flexibility index (Phi) is 3.90. The summed E-state index contributed by atoms with van der Waals surface area (Å²) in [6.07, 6.45) is 3.89. The molecule has 5 nitrogen and oxygen atoms in total. The molecule has 0 unspecified atom stereocenters. The lowest BCUT2D eigenvalue weighted by Crippen LogP contribution is -2.08. The van der Waals surface area contributed by atoms with E-state index in [9.17, 15) is 0 Å². The van der Waals surface area contributed by atoms with Gasteiger partial charge in [0.05, 0.1) is 17.6 Å². The van der Waals surface area contributed by atoms with E-state index in [1.54, 1.807) is 0 Å². The van der Waals surface area contributed by atoms with Crippen molar-refractivity contribution in [2.45, 2.75) is 0 Å². The van der Waals surface area contributed by atoms with Crippen LogP contribution in [0.15, 0.2) is 65.8 Å². The molecule has 0 spiro atoms. The number of aromatic nitrogens is 1. The number of aliphatic imine (C=N–C) groups is 1. The first kappa shape index (κ1) is 15.3.